The Hall–Kier alpha value is -0.650. The van der Waals surface area contributed by atoms with Crippen LogP contribution in [0.1, 0.15) is 37.2 Å². The molecule has 2 atom stereocenters. The molecule has 3 heterocycles. The van der Waals surface area contributed by atoms with E-state index in [4.69, 9.17) is 0 Å². The molecule has 2 unspecified atom stereocenters. The Bertz CT molecular complexity index is 401. The molecular weight excluding hydrogens is 246 g/mol. The zero-order valence-corrected chi connectivity index (χ0v) is 11.7. The predicted molar refractivity (Wildman–Crippen MR) is 74.2 cm³/mol. The molecule has 3 rings (SSSR count). The molecule has 0 saturated carbocycles. The highest BCUT2D eigenvalue weighted by Gasteiger charge is 2.30. The third-order valence-electron chi connectivity index (χ3n) is 4.01. The summed E-state index contributed by atoms with van der Waals surface area (Å²) in [6, 6.07) is 0.714. The summed E-state index contributed by atoms with van der Waals surface area (Å²) < 4.78 is 0. The Morgan fingerprint density at radius 3 is 2.83 bits per heavy atom. The number of likely N-dealkylation sites (tertiary alicyclic amines) is 1. The van der Waals surface area contributed by atoms with E-state index >= 15 is 0 Å². The molecule has 2 fully saturated rings. The van der Waals surface area contributed by atoms with E-state index in [0.717, 1.165) is 23.1 Å². The molecule has 0 bridgehead atoms. The van der Waals surface area contributed by atoms with Gasteiger partial charge in [-0.3, -0.25) is 4.90 Å². The summed E-state index contributed by atoms with van der Waals surface area (Å²) in [5.74, 6) is 0. The highest BCUT2D eigenvalue weighted by atomic mass is 32.1. The van der Waals surface area contributed by atoms with Crippen molar-refractivity contribution in [3.63, 3.8) is 0 Å². The number of aliphatic hydroxyl groups is 1. The third-order valence-corrected chi connectivity index (χ3v) is 5.24. The minimum atomic E-state index is -0.395. The lowest BCUT2D eigenvalue weighted by Crippen LogP contribution is -2.35. The first-order valence-electron chi connectivity index (χ1n) is 6.87. The van der Waals surface area contributed by atoms with Gasteiger partial charge in [-0.2, -0.15) is 0 Å². The largest absolute Gasteiger partial charge is 0.388 e. The van der Waals surface area contributed by atoms with Gasteiger partial charge < -0.3 is 10.0 Å². The molecule has 2 aliphatic rings. The molecule has 4 nitrogen and oxygen atoms in total. The minimum absolute atomic E-state index is 0.395. The van der Waals surface area contributed by atoms with E-state index in [1.807, 2.05) is 6.20 Å². The van der Waals surface area contributed by atoms with Gasteiger partial charge in [0, 0.05) is 25.3 Å². The number of aromatic nitrogens is 1. The van der Waals surface area contributed by atoms with Crippen LogP contribution in [0, 0.1) is 0 Å². The average Bonchev–Trinajstić information content (AvgIpc) is 3.10. The number of thiazole rings is 1. The standard InChI is InChI=1S/C13H21N3OS/c1-10(17)12-8-14-13(18-12)16-7-4-11(9-16)15-5-2-3-6-15/h8,10-11,17H,2-7,9H2,1H3. The molecule has 2 saturated heterocycles. The number of anilines is 1. The van der Waals surface area contributed by atoms with Crippen molar-refractivity contribution in [3.05, 3.63) is 11.1 Å². The van der Waals surface area contributed by atoms with Gasteiger partial charge >= 0.3 is 0 Å². The normalized spacial score (nSPS) is 27.0. The first-order chi connectivity index (χ1) is 8.74. The second-order valence-electron chi connectivity index (χ2n) is 5.35. The van der Waals surface area contributed by atoms with Crippen LogP contribution in [0.25, 0.3) is 0 Å². The number of rotatable bonds is 3. The molecular formula is C13H21N3OS. The second-order valence-corrected chi connectivity index (χ2v) is 6.39. The minimum Gasteiger partial charge on any atom is -0.388 e. The van der Waals surface area contributed by atoms with Gasteiger partial charge in [-0.1, -0.05) is 11.3 Å². The van der Waals surface area contributed by atoms with Crippen molar-refractivity contribution in [2.45, 2.75) is 38.3 Å². The highest BCUT2D eigenvalue weighted by molar-refractivity contribution is 7.15. The smallest absolute Gasteiger partial charge is 0.185 e. The average molecular weight is 267 g/mol. The Morgan fingerprint density at radius 1 is 1.39 bits per heavy atom. The molecule has 0 aromatic carbocycles. The maximum absolute atomic E-state index is 9.55. The molecule has 0 amide bonds. The summed E-state index contributed by atoms with van der Waals surface area (Å²) >= 11 is 1.63. The molecule has 1 aromatic heterocycles. The number of aliphatic hydroxyl groups excluding tert-OH is 1. The second kappa shape index (κ2) is 5.15. The van der Waals surface area contributed by atoms with Crippen molar-refractivity contribution in [3.8, 4) is 0 Å². The van der Waals surface area contributed by atoms with E-state index in [1.165, 1.54) is 32.4 Å². The maximum Gasteiger partial charge on any atom is 0.185 e. The summed E-state index contributed by atoms with van der Waals surface area (Å²) in [6.45, 7) is 6.56. The zero-order valence-electron chi connectivity index (χ0n) is 10.9. The lowest BCUT2D eigenvalue weighted by atomic mass is 10.2. The molecule has 0 radical (unpaired) electrons. The van der Waals surface area contributed by atoms with Crippen molar-refractivity contribution in [1.82, 2.24) is 9.88 Å². The van der Waals surface area contributed by atoms with Crippen molar-refractivity contribution >= 4 is 16.5 Å². The van der Waals surface area contributed by atoms with Crippen LogP contribution in [0.15, 0.2) is 6.20 Å². The van der Waals surface area contributed by atoms with Crippen LogP contribution in [0.5, 0.6) is 0 Å². The topological polar surface area (TPSA) is 39.6 Å². The molecule has 1 aromatic rings. The molecule has 100 valence electrons. The number of hydrogen-bond donors (Lipinski definition) is 1. The van der Waals surface area contributed by atoms with Crippen LogP contribution in [0.4, 0.5) is 5.13 Å². The van der Waals surface area contributed by atoms with Crippen LogP contribution >= 0.6 is 11.3 Å². The molecule has 1 N–H and O–H groups in total. The van der Waals surface area contributed by atoms with Gasteiger partial charge in [0.05, 0.1) is 11.0 Å². The molecule has 2 aliphatic heterocycles. The fraction of sp³-hybridized carbons (Fsp3) is 0.769. The fourth-order valence-corrected chi connectivity index (χ4v) is 3.82. The van der Waals surface area contributed by atoms with Crippen molar-refractivity contribution in [2.24, 2.45) is 0 Å². The van der Waals surface area contributed by atoms with Gasteiger partial charge in [-0.25, -0.2) is 4.98 Å². The number of hydrogen-bond acceptors (Lipinski definition) is 5. The Morgan fingerprint density at radius 2 is 2.17 bits per heavy atom. The van der Waals surface area contributed by atoms with E-state index in [9.17, 15) is 5.11 Å². The van der Waals surface area contributed by atoms with Gasteiger partial charge in [0.2, 0.25) is 0 Å². The van der Waals surface area contributed by atoms with Crippen LogP contribution in [0.3, 0.4) is 0 Å². The van der Waals surface area contributed by atoms with E-state index in [-0.39, 0.29) is 0 Å². The van der Waals surface area contributed by atoms with E-state index in [2.05, 4.69) is 14.8 Å². The summed E-state index contributed by atoms with van der Waals surface area (Å²) in [5.41, 5.74) is 0. The molecule has 0 spiro atoms. The van der Waals surface area contributed by atoms with Gasteiger partial charge in [0.25, 0.3) is 0 Å². The van der Waals surface area contributed by atoms with Crippen molar-refractivity contribution in [1.29, 1.82) is 0 Å². The predicted octanol–water partition coefficient (Wildman–Crippen LogP) is 1.87. The van der Waals surface area contributed by atoms with Crippen molar-refractivity contribution < 1.29 is 5.11 Å². The molecule has 18 heavy (non-hydrogen) atoms. The van der Waals surface area contributed by atoms with E-state index in [1.54, 1.807) is 18.3 Å². The van der Waals surface area contributed by atoms with Gasteiger partial charge in [-0.05, 0) is 39.3 Å². The van der Waals surface area contributed by atoms with Gasteiger partial charge in [0.15, 0.2) is 5.13 Å². The third kappa shape index (κ3) is 2.39. The number of nitrogens with zero attached hydrogens (tertiary/aromatic N) is 3. The highest BCUT2D eigenvalue weighted by Crippen LogP contribution is 2.30. The Kier molecular flexibility index (Phi) is 3.54. The summed E-state index contributed by atoms with van der Waals surface area (Å²) in [6.07, 6.45) is 5.39. The first kappa shape index (κ1) is 12.4. The Balaban J connectivity index is 1.63. The lowest BCUT2D eigenvalue weighted by molar-refractivity contribution is 0.203. The SMILES string of the molecule is CC(O)c1cnc(N2CCC(N3CCCC3)C2)s1. The van der Waals surface area contributed by atoms with Gasteiger partial charge in [-0.15, -0.1) is 0 Å². The first-order valence-corrected chi connectivity index (χ1v) is 7.68. The Labute approximate surface area is 112 Å². The van der Waals surface area contributed by atoms with E-state index in [0.29, 0.717) is 6.04 Å². The summed E-state index contributed by atoms with van der Waals surface area (Å²) in [5, 5.41) is 10.6. The summed E-state index contributed by atoms with van der Waals surface area (Å²) in [7, 11) is 0. The van der Waals surface area contributed by atoms with Crippen LogP contribution in [-0.4, -0.2) is 47.2 Å². The van der Waals surface area contributed by atoms with Crippen LogP contribution < -0.4 is 4.90 Å². The van der Waals surface area contributed by atoms with Crippen LogP contribution in [-0.2, 0) is 0 Å². The maximum atomic E-state index is 9.55. The fourth-order valence-electron chi connectivity index (χ4n) is 2.94. The van der Waals surface area contributed by atoms with Crippen LogP contribution in [0.2, 0.25) is 0 Å². The lowest BCUT2D eigenvalue weighted by Gasteiger charge is -2.23. The van der Waals surface area contributed by atoms with Gasteiger partial charge in [0.1, 0.15) is 0 Å². The summed E-state index contributed by atoms with van der Waals surface area (Å²) in [4.78, 5) is 10.4. The monoisotopic (exact) mass is 267 g/mol. The van der Waals surface area contributed by atoms with E-state index < -0.39 is 6.10 Å². The quantitative estimate of drug-likeness (QED) is 0.907. The van der Waals surface area contributed by atoms with Crippen molar-refractivity contribution in [2.75, 3.05) is 31.1 Å². The molecule has 5 heteroatoms. The zero-order chi connectivity index (χ0) is 12.5. The molecule has 0 aliphatic carbocycles.